The number of nitrogens with one attached hydrogen (secondary N) is 1. The average Bonchev–Trinajstić information content (AvgIpc) is 3.11. The third kappa shape index (κ3) is 4.69. The summed E-state index contributed by atoms with van der Waals surface area (Å²) in [5, 5.41) is 2.55. The number of carbonyl (C=O) groups is 1. The van der Waals surface area contributed by atoms with Crippen LogP contribution in [-0.4, -0.2) is 30.9 Å². The smallest absolute Gasteiger partial charge is 0.286 e. The van der Waals surface area contributed by atoms with E-state index in [4.69, 9.17) is 4.42 Å². The lowest BCUT2D eigenvalue weighted by molar-refractivity contribution is 0.0929. The van der Waals surface area contributed by atoms with Gasteiger partial charge in [0, 0.05) is 13.6 Å². The highest BCUT2D eigenvalue weighted by atomic mass is 19.2. The fourth-order valence-corrected chi connectivity index (χ4v) is 3.52. The second kappa shape index (κ2) is 8.45. The second-order valence-corrected chi connectivity index (χ2v) is 6.88. The van der Waals surface area contributed by atoms with Crippen LogP contribution in [-0.2, 0) is 13.0 Å². The zero-order valence-corrected chi connectivity index (χ0v) is 14.9. The Labute approximate surface area is 152 Å². The fourth-order valence-electron chi connectivity index (χ4n) is 3.52. The van der Waals surface area contributed by atoms with E-state index < -0.39 is 11.6 Å². The van der Waals surface area contributed by atoms with Gasteiger partial charge in [-0.1, -0.05) is 6.07 Å². The molecule has 0 saturated carbocycles. The van der Waals surface area contributed by atoms with Gasteiger partial charge in [0.05, 0.1) is 6.54 Å². The summed E-state index contributed by atoms with van der Waals surface area (Å²) in [7, 11) is 1.58. The molecule has 1 amide bonds. The van der Waals surface area contributed by atoms with Crippen LogP contribution in [0.4, 0.5) is 8.78 Å². The van der Waals surface area contributed by atoms with Crippen LogP contribution in [0.25, 0.3) is 0 Å². The van der Waals surface area contributed by atoms with Crippen molar-refractivity contribution in [3.8, 4) is 0 Å². The molecule has 1 fully saturated rings. The molecule has 3 rings (SSSR count). The zero-order valence-electron chi connectivity index (χ0n) is 14.9. The van der Waals surface area contributed by atoms with Crippen molar-refractivity contribution in [2.75, 3.05) is 20.1 Å². The van der Waals surface area contributed by atoms with Crippen LogP contribution in [0.3, 0.4) is 0 Å². The molecule has 1 aliphatic rings. The third-order valence-electron chi connectivity index (χ3n) is 4.92. The van der Waals surface area contributed by atoms with E-state index in [1.807, 2.05) is 6.07 Å². The molecular weight excluding hydrogens is 338 g/mol. The van der Waals surface area contributed by atoms with Gasteiger partial charge in [-0.15, -0.1) is 0 Å². The first-order chi connectivity index (χ1) is 12.5. The first-order valence-electron chi connectivity index (χ1n) is 9.02. The van der Waals surface area contributed by atoms with Crippen molar-refractivity contribution in [3.05, 3.63) is 59.1 Å². The Morgan fingerprint density at radius 3 is 2.88 bits per heavy atom. The molecule has 0 aliphatic carbocycles. The number of aryl methyl sites for hydroxylation is 1. The van der Waals surface area contributed by atoms with Crippen LogP contribution in [0, 0.1) is 17.6 Å². The largest absolute Gasteiger partial charge is 0.455 e. The summed E-state index contributed by atoms with van der Waals surface area (Å²) in [6, 6.07) is 7.67. The Morgan fingerprint density at radius 1 is 1.27 bits per heavy atom. The predicted octanol–water partition coefficient (Wildman–Crippen LogP) is 3.76. The Bertz CT molecular complexity index is 760. The fraction of sp³-hybridized carbons (Fsp3) is 0.450. The summed E-state index contributed by atoms with van der Waals surface area (Å²) in [6.07, 6.45) is 3.94. The van der Waals surface area contributed by atoms with Crippen LogP contribution in [0.2, 0.25) is 0 Å². The predicted molar refractivity (Wildman–Crippen MR) is 94.8 cm³/mol. The molecule has 0 spiro atoms. The van der Waals surface area contributed by atoms with E-state index in [0.717, 1.165) is 50.1 Å². The van der Waals surface area contributed by atoms with E-state index in [2.05, 4.69) is 10.2 Å². The monoisotopic (exact) mass is 362 g/mol. The summed E-state index contributed by atoms with van der Waals surface area (Å²) in [5.74, 6) is -0.173. The van der Waals surface area contributed by atoms with E-state index in [1.54, 1.807) is 19.2 Å². The molecule has 1 aliphatic heterocycles. The molecule has 1 saturated heterocycles. The number of piperidine rings is 1. The Hall–Kier alpha value is -2.21. The number of halogens is 2. The SMILES string of the molecule is CNC(=O)c1ccc(CN2CCC[C@@H](CCc3ccc(F)c(F)c3)C2)o1. The van der Waals surface area contributed by atoms with Crippen LogP contribution in [0.1, 0.15) is 41.1 Å². The molecule has 0 radical (unpaired) electrons. The van der Waals surface area contributed by atoms with Gasteiger partial charge in [-0.05, 0) is 68.0 Å². The van der Waals surface area contributed by atoms with Gasteiger partial charge in [0.15, 0.2) is 17.4 Å². The summed E-state index contributed by atoms with van der Waals surface area (Å²) < 4.78 is 31.9. The minimum Gasteiger partial charge on any atom is -0.455 e. The molecule has 140 valence electrons. The molecule has 6 heteroatoms. The number of nitrogens with zero attached hydrogens (tertiary/aromatic N) is 1. The molecule has 1 aromatic heterocycles. The number of furan rings is 1. The molecule has 2 heterocycles. The lowest BCUT2D eigenvalue weighted by Crippen LogP contribution is -2.35. The van der Waals surface area contributed by atoms with Gasteiger partial charge >= 0.3 is 0 Å². The summed E-state index contributed by atoms with van der Waals surface area (Å²) in [5.41, 5.74) is 0.835. The molecule has 0 unspecified atom stereocenters. The van der Waals surface area contributed by atoms with E-state index in [9.17, 15) is 13.6 Å². The Kier molecular flexibility index (Phi) is 6.04. The maximum absolute atomic E-state index is 13.3. The standard InChI is InChI=1S/C20H24F2N2O2/c1-23-20(25)19-9-7-16(26-19)13-24-10-2-3-15(12-24)5-4-14-6-8-17(21)18(22)11-14/h6-9,11,15H,2-5,10,12-13H2,1H3,(H,23,25)/t15-/m0/s1. The number of hydrogen-bond acceptors (Lipinski definition) is 3. The highest BCUT2D eigenvalue weighted by Gasteiger charge is 2.21. The minimum atomic E-state index is -0.799. The van der Waals surface area contributed by atoms with E-state index >= 15 is 0 Å². The molecule has 2 aromatic rings. The Balaban J connectivity index is 1.51. The molecule has 4 nitrogen and oxygen atoms in total. The lowest BCUT2D eigenvalue weighted by atomic mass is 9.91. The van der Waals surface area contributed by atoms with Crippen molar-refractivity contribution in [2.24, 2.45) is 5.92 Å². The van der Waals surface area contributed by atoms with Crippen molar-refractivity contribution in [1.82, 2.24) is 10.2 Å². The van der Waals surface area contributed by atoms with Crippen molar-refractivity contribution in [1.29, 1.82) is 0 Å². The van der Waals surface area contributed by atoms with Crippen molar-refractivity contribution >= 4 is 5.91 Å². The summed E-state index contributed by atoms with van der Waals surface area (Å²) in [4.78, 5) is 13.9. The number of benzene rings is 1. The Morgan fingerprint density at radius 2 is 2.12 bits per heavy atom. The van der Waals surface area contributed by atoms with Gasteiger partial charge in [0.25, 0.3) is 5.91 Å². The number of carbonyl (C=O) groups excluding carboxylic acids is 1. The molecule has 1 atom stereocenters. The normalized spacial score (nSPS) is 18.0. The lowest BCUT2D eigenvalue weighted by Gasteiger charge is -2.32. The van der Waals surface area contributed by atoms with Gasteiger partial charge in [-0.25, -0.2) is 8.78 Å². The molecule has 26 heavy (non-hydrogen) atoms. The number of amides is 1. The number of likely N-dealkylation sites (tertiary alicyclic amines) is 1. The molecule has 1 N–H and O–H groups in total. The molecular formula is C20H24F2N2O2. The quantitative estimate of drug-likeness (QED) is 0.851. The topological polar surface area (TPSA) is 45.5 Å². The van der Waals surface area contributed by atoms with Gasteiger partial charge in [0.2, 0.25) is 0 Å². The highest BCUT2D eigenvalue weighted by molar-refractivity contribution is 5.91. The maximum atomic E-state index is 13.3. The van der Waals surface area contributed by atoms with Crippen LogP contribution < -0.4 is 5.32 Å². The van der Waals surface area contributed by atoms with E-state index in [0.29, 0.717) is 18.2 Å². The zero-order chi connectivity index (χ0) is 18.5. The maximum Gasteiger partial charge on any atom is 0.286 e. The highest BCUT2D eigenvalue weighted by Crippen LogP contribution is 2.24. The minimum absolute atomic E-state index is 0.223. The molecule has 1 aromatic carbocycles. The van der Waals surface area contributed by atoms with Gasteiger partial charge in [-0.3, -0.25) is 9.69 Å². The van der Waals surface area contributed by atoms with E-state index in [-0.39, 0.29) is 5.91 Å². The van der Waals surface area contributed by atoms with Gasteiger partial charge in [0.1, 0.15) is 5.76 Å². The summed E-state index contributed by atoms with van der Waals surface area (Å²) >= 11 is 0. The molecule has 0 bridgehead atoms. The first kappa shape index (κ1) is 18.6. The van der Waals surface area contributed by atoms with E-state index in [1.165, 1.54) is 12.1 Å². The van der Waals surface area contributed by atoms with Crippen LogP contribution >= 0.6 is 0 Å². The van der Waals surface area contributed by atoms with Crippen LogP contribution in [0.15, 0.2) is 34.7 Å². The third-order valence-corrected chi connectivity index (χ3v) is 4.92. The summed E-state index contributed by atoms with van der Waals surface area (Å²) in [6.45, 7) is 2.62. The average molecular weight is 362 g/mol. The van der Waals surface area contributed by atoms with Crippen molar-refractivity contribution in [2.45, 2.75) is 32.2 Å². The number of hydrogen-bond donors (Lipinski definition) is 1. The van der Waals surface area contributed by atoms with Gasteiger partial charge < -0.3 is 9.73 Å². The first-order valence-corrected chi connectivity index (χ1v) is 9.02. The van der Waals surface area contributed by atoms with Crippen molar-refractivity contribution in [3.63, 3.8) is 0 Å². The van der Waals surface area contributed by atoms with Gasteiger partial charge in [-0.2, -0.15) is 0 Å². The van der Waals surface area contributed by atoms with Crippen LogP contribution in [0.5, 0.6) is 0 Å². The van der Waals surface area contributed by atoms with Crippen molar-refractivity contribution < 1.29 is 18.0 Å². The number of rotatable bonds is 6. The second-order valence-electron chi connectivity index (χ2n) is 6.88.